The van der Waals surface area contributed by atoms with Crippen molar-refractivity contribution in [2.75, 3.05) is 13.7 Å². The molecule has 0 unspecified atom stereocenters. The number of nitro groups is 1. The summed E-state index contributed by atoms with van der Waals surface area (Å²) in [4.78, 5) is 22.5. The molecule has 0 aliphatic carbocycles. The third-order valence-corrected chi connectivity index (χ3v) is 3.24. The van der Waals surface area contributed by atoms with Gasteiger partial charge in [0.15, 0.2) is 0 Å². The topological polar surface area (TPSA) is 103 Å². The highest BCUT2D eigenvalue weighted by atomic mass is 16.6. The van der Waals surface area contributed by atoms with Crippen molar-refractivity contribution in [1.82, 2.24) is 5.43 Å². The van der Waals surface area contributed by atoms with Gasteiger partial charge in [0.2, 0.25) is 0 Å². The minimum Gasteiger partial charge on any atom is -0.497 e. The maximum atomic E-state index is 12.1. The van der Waals surface area contributed by atoms with Gasteiger partial charge in [-0.05, 0) is 24.3 Å². The molecule has 0 aromatic heterocycles. The number of terminal acetylenes is 1. The number of nitrogens with zero attached hydrogens (tertiary/aromatic N) is 2. The van der Waals surface area contributed by atoms with E-state index in [-0.39, 0.29) is 17.9 Å². The first-order valence-corrected chi connectivity index (χ1v) is 7.38. The fourth-order valence-corrected chi connectivity index (χ4v) is 2.05. The van der Waals surface area contributed by atoms with E-state index >= 15 is 0 Å². The van der Waals surface area contributed by atoms with Crippen LogP contribution in [0.2, 0.25) is 0 Å². The summed E-state index contributed by atoms with van der Waals surface area (Å²) in [6, 6.07) is 10.6. The van der Waals surface area contributed by atoms with E-state index in [0.717, 1.165) is 0 Å². The summed E-state index contributed by atoms with van der Waals surface area (Å²) in [5, 5.41) is 14.8. The zero-order valence-electron chi connectivity index (χ0n) is 13.8. The number of amides is 1. The lowest BCUT2D eigenvalue weighted by atomic mass is 10.2. The summed E-state index contributed by atoms with van der Waals surface area (Å²) >= 11 is 0. The molecule has 0 aliphatic rings. The quantitative estimate of drug-likeness (QED) is 0.356. The molecule has 0 heterocycles. The second-order valence-corrected chi connectivity index (χ2v) is 4.87. The van der Waals surface area contributed by atoms with Crippen molar-refractivity contribution < 1.29 is 19.2 Å². The van der Waals surface area contributed by atoms with E-state index in [4.69, 9.17) is 15.9 Å². The molecule has 0 saturated carbocycles. The van der Waals surface area contributed by atoms with Gasteiger partial charge in [0.25, 0.3) is 11.6 Å². The maximum Gasteiger partial charge on any atom is 0.282 e. The van der Waals surface area contributed by atoms with Crippen LogP contribution in [0.15, 0.2) is 47.6 Å². The van der Waals surface area contributed by atoms with Crippen LogP contribution in [0, 0.1) is 22.5 Å². The van der Waals surface area contributed by atoms with Gasteiger partial charge in [0.1, 0.15) is 23.7 Å². The predicted molar refractivity (Wildman–Crippen MR) is 95.5 cm³/mol. The first-order chi connectivity index (χ1) is 12.6. The molecular formula is C18H15N3O5. The summed E-state index contributed by atoms with van der Waals surface area (Å²) in [6.07, 6.45) is 6.51. The van der Waals surface area contributed by atoms with Gasteiger partial charge in [0, 0.05) is 11.6 Å². The second-order valence-electron chi connectivity index (χ2n) is 4.87. The van der Waals surface area contributed by atoms with Gasteiger partial charge in [-0.3, -0.25) is 14.9 Å². The zero-order chi connectivity index (χ0) is 18.9. The van der Waals surface area contributed by atoms with Crippen LogP contribution in [-0.2, 0) is 0 Å². The number of rotatable bonds is 7. The van der Waals surface area contributed by atoms with E-state index in [1.165, 1.54) is 37.6 Å². The molecule has 8 nitrogen and oxygen atoms in total. The highest BCUT2D eigenvalue weighted by Crippen LogP contribution is 2.23. The van der Waals surface area contributed by atoms with Crippen molar-refractivity contribution in [3.05, 3.63) is 63.7 Å². The molecular weight excluding hydrogens is 338 g/mol. The highest BCUT2D eigenvalue weighted by Gasteiger charge is 2.18. The number of benzene rings is 2. The summed E-state index contributed by atoms with van der Waals surface area (Å²) < 4.78 is 10.5. The number of nitrogens with one attached hydrogen (secondary N) is 1. The van der Waals surface area contributed by atoms with Crippen LogP contribution in [0.5, 0.6) is 11.5 Å². The van der Waals surface area contributed by atoms with Gasteiger partial charge in [-0.1, -0.05) is 18.1 Å². The van der Waals surface area contributed by atoms with E-state index in [1.54, 1.807) is 18.2 Å². The monoisotopic (exact) mass is 353 g/mol. The van der Waals surface area contributed by atoms with Gasteiger partial charge < -0.3 is 9.47 Å². The van der Waals surface area contributed by atoms with Crippen molar-refractivity contribution in [3.63, 3.8) is 0 Å². The standard InChI is InChI=1S/C18H15N3O5/c1-3-10-26-17-9-8-14(25-2)11-13(17)12-19-20-18(22)15-6-4-5-7-16(15)21(23)24/h1,4-9,11-12H,10H2,2H3,(H,20,22)/b19-12-. The Morgan fingerprint density at radius 3 is 2.85 bits per heavy atom. The molecule has 132 valence electrons. The minimum absolute atomic E-state index is 0.0652. The van der Waals surface area contributed by atoms with Crippen LogP contribution in [0.25, 0.3) is 0 Å². The number of nitro benzene ring substituents is 1. The van der Waals surface area contributed by atoms with Gasteiger partial charge in [-0.2, -0.15) is 5.10 Å². The molecule has 0 fully saturated rings. The first-order valence-electron chi connectivity index (χ1n) is 7.38. The van der Waals surface area contributed by atoms with Crippen LogP contribution in [0.1, 0.15) is 15.9 Å². The Morgan fingerprint density at radius 1 is 1.38 bits per heavy atom. The summed E-state index contributed by atoms with van der Waals surface area (Å²) in [5.41, 5.74) is 2.37. The van der Waals surface area contributed by atoms with Crippen molar-refractivity contribution in [2.24, 2.45) is 5.10 Å². The van der Waals surface area contributed by atoms with Crippen LogP contribution < -0.4 is 14.9 Å². The molecule has 26 heavy (non-hydrogen) atoms. The summed E-state index contributed by atoms with van der Waals surface area (Å²) in [6.45, 7) is 0.0652. The number of para-hydroxylation sites is 1. The summed E-state index contributed by atoms with van der Waals surface area (Å²) in [7, 11) is 1.51. The molecule has 2 rings (SSSR count). The molecule has 0 bridgehead atoms. The second kappa shape index (κ2) is 8.84. The van der Waals surface area contributed by atoms with Gasteiger partial charge in [-0.25, -0.2) is 5.43 Å². The fraction of sp³-hybridized carbons (Fsp3) is 0.111. The van der Waals surface area contributed by atoms with Crippen molar-refractivity contribution in [1.29, 1.82) is 0 Å². The highest BCUT2D eigenvalue weighted by molar-refractivity contribution is 5.98. The molecule has 0 aliphatic heterocycles. The number of carbonyl (C=O) groups is 1. The fourth-order valence-electron chi connectivity index (χ4n) is 2.05. The number of carbonyl (C=O) groups excluding carboxylic acids is 1. The van der Waals surface area contributed by atoms with Crippen molar-refractivity contribution in [3.8, 4) is 23.8 Å². The van der Waals surface area contributed by atoms with E-state index < -0.39 is 10.8 Å². The Balaban J connectivity index is 2.19. The molecule has 8 heteroatoms. The lowest BCUT2D eigenvalue weighted by molar-refractivity contribution is -0.385. The Labute approximate surface area is 149 Å². The Kier molecular flexibility index (Phi) is 6.28. The van der Waals surface area contributed by atoms with Gasteiger partial charge in [0.05, 0.1) is 18.2 Å². The number of ether oxygens (including phenoxy) is 2. The molecule has 1 N–H and O–H groups in total. The number of hydrazone groups is 1. The molecule has 0 saturated heterocycles. The van der Waals surface area contributed by atoms with Crippen LogP contribution >= 0.6 is 0 Å². The minimum atomic E-state index is -0.706. The molecule has 2 aromatic carbocycles. The normalized spacial score (nSPS) is 10.2. The van der Waals surface area contributed by atoms with E-state index in [9.17, 15) is 14.9 Å². The Morgan fingerprint density at radius 2 is 2.15 bits per heavy atom. The lowest BCUT2D eigenvalue weighted by Crippen LogP contribution is -2.19. The maximum absolute atomic E-state index is 12.1. The molecule has 1 amide bonds. The average molecular weight is 353 g/mol. The van der Waals surface area contributed by atoms with Crippen LogP contribution in [0.3, 0.4) is 0 Å². The van der Waals surface area contributed by atoms with Gasteiger partial charge in [-0.15, -0.1) is 6.42 Å². The third kappa shape index (κ3) is 4.58. The van der Waals surface area contributed by atoms with Crippen molar-refractivity contribution >= 4 is 17.8 Å². The molecule has 0 spiro atoms. The predicted octanol–water partition coefficient (Wildman–Crippen LogP) is 2.38. The molecule has 2 aromatic rings. The van der Waals surface area contributed by atoms with Crippen LogP contribution in [0.4, 0.5) is 5.69 Å². The lowest BCUT2D eigenvalue weighted by Gasteiger charge is -2.08. The first kappa shape index (κ1) is 18.5. The van der Waals surface area contributed by atoms with Gasteiger partial charge >= 0.3 is 0 Å². The van der Waals surface area contributed by atoms with E-state index in [2.05, 4.69) is 16.4 Å². The Hall–Kier alpha value is -3.86. The number of hydrogen-bond acceptors (Lipinski definition) is 6. The number of methoxy groups -OCH3 is 1. The van der Waals surface area contributed by atoms with E-state index in [0.29, 0.717) is 17.1 Å². The third-order valence-electron chi connectivity index (χ3n) is 3.24. The average Bonchev–Trinajstić information content (AvgIpc) is 2.66. The zero-order valence-corrected chi connectivity index (χ0v) is 13.8. The largest absolute Gasteiger partial charge is 0.497 e. The molecule has 0 radical (unpaired) electrons. The van der Waals surface area contributed by atoms with Crippen molar-refractivity contribution in [2.45, 2.75) is 0 Å². The SMILES string of the molecule is C#CCOc1ccc(OC)cc1/C=N\NC(=O)c1ccccc1[N+](=O)[O-]. The summed E-state index contributed by atoms with van der Waals surface area (Å²) in [5.74, 6) is 2.66. The van der Waals surface area contributed by atoms with Crippen LogP contribution in [-0.4, -0.2) is 30.8 Å². The smallest absolute Gasteiger partial charge is 0.282 e. The number of hydrogen-bond donors (Lipinski definition) is 1. The Bertz CT molecular complexity index is 887. The van der Waals surface area contributed by atoms with E-state index in [1.807, 2.05) is 0 Å². The molecule has 0 atom stereocenters.